The molecule has 0 fully saturated rings. The van der Waals surface area contributed by atoms with Crippen molar-refractivity contribution in [3.8, 4) is 0 Å². The Labute approximate surface area is 113 Å². The van der Waals surface area contributed by atoms with Gasteiger partial charge in [0.15, 0.2) is 0 Å². The molecule has 3 nitrogen and oxygen atoms in total. The molecule has 1 aromatic heterocycles. The van der Waals surface area contributed by atoms with Crippen LogP contribution < -0.4 is 0 Å². The quantitative estimate of drug-likeness (QED) is 0.629. The Morgan fingerprint density at radius 3 is 2.84 bits per heavy atom. The molecular weight excluding hydrogens is 238 g/mol. The molecule has 100 valence electrons. The van der Waals surface area contributed by atoms with Crippen molar-refractivity contribution in [2.24, 2.45) is 0 Å². The maximum atomic E-state index is 10.6. The van der Waals surface area contributed by atoms with Gasteiger partial charge in [-0.2, -0.15) is 0 Å². The van der Waals surface area contributed by atoms with E-state index >= 15 is 0 Å². The summed E-state index contributed by atoms with van der Waals surface area (Å²) >= 11 is 0. The van der Waals surface area contributed by atoms with Crippen LogP contribution in [-0.4, -0.2) is 15.6 Å². The van der Waals surface area contributed by atoms with Crippen molar-refractivity contribution in [1.82, 2.24) is 4.57 Å². The van der Waals surface area contributed by atoms with Crippen LogP contribution in [0.3, 0.4) is 0 Å². The number of aryl methyl sites for hydroxylation is 1. The Bertz CT molecular complexity index is 596. The molecule has 0 radical (unpaired) electrons. The number of carboxylic acids is 1. The van der Waals surface area contributed by atoms with E-state index in [1.807, 2.05) is 24.4 Å². The number of para-hydroxylation sites is 1. The van der Waals surface area contributed by atoms with E-state index in [0.29, 0.717) is 0 Å². The van der Waals surface area contributed by atoms with Crippen LogP contribution >= 0.6 is 0 Å². The van der Waals surface area contributed by atoms with Crippen molar-refractivity contribution in [2.75, 3.05) is 0 Å². The van der Waals surface area contributed by atoms with Crippen LogP contribution in [0.15, 0.2) is 36.5 Å². The zero-order valence-corrected chi connectivity index (χ0v) is 11.2. The van der Waals surface area contributed by atoms with Crippen molar-refractivity contribution in [1.29, 1.82) is 0 Å². The average Bonchev–Trinajstić information content (AvgIpc) is 2.76. The van der Waals surface area contributed by atoms with Crippen LogP contribution in [0.5, 0.6) is 0 Å². The summed E-state index contributed by atoms with van der Waals surface area (Å²) in [5.41, 5.74) is 2.14. The Morgan fingerprint density at radius 1 is 1.32 bits per heavy atom. The first-order valence-electron chi connectivity index (χ1n) is 6.71. The molecule has 1 heterocycles. The Hall–Kier alpha value is -2.03. The standard InChI is InChI=1S/C16H19NO2/c1-2-3-6-11-17-12-13(9-10-16(18)19)14-7-4-5-8-15(14)17/h4-5,7-10,12H,2-3,6,11H2,1H3,(H,18,19)/b10-9-. The number of carboxylic acid groups (broad SMARTS) is 1. The summed E-state index contributed by atoms with van der Waals surface area (Å²) in [7, 11) is 0. The van der Waals surface area contributed by atoms with Crippen molar-refractivity contribution >= 4 is 22.9 Å². The van der Waals surface area contributed by atoms with Gasteiger partial charge < -0.3 is 9.67 Å². The number of rotatable bonds is 6. The first-order chi connectivity index (χ1) is 9.22. The third-order valence-corrected chi connectivity index (χ3v) is 3.23. The van der Waals surface area contributed by atoms with Gasteiger partial charge in [0.2, 0.25) is 0 Å². The Morgan fingerprint density at radius 2 is 2.11 bits per heavy atom. The minimum atomic E-state index is -0.914. The minimum absolute atomic E-state index is 0.914. The number of benzene rings is 1. The number of aliphatic carboxylic acids is 1. The number of hydrogen-bond acceptors (Lipinski definition) is 1. The van der Waals surface area contributed by atoms with Crippen LogP contribution in [0.25, 0.3) is 17.0 Å². The maximum absolute atomic E-state index is 10.6. The average molecular weight is 257 g/mol. The summed E-state index contributed by atoms with van der Waals surface area (Å²) in [6, 6.07) is 8.12. The van der Waals surface area contributed by atoms with Crippen LogP contribution in [0, 0.1) is 0 Å². The van der Waals surface area contributed by atoms with E-state index in [4.69, 9.17) is 5.11 Å². The molecule has 0 aliphatic carbocycles. The molecule has 2 rings (SSSR count). The first kappa shape index (κ1) is 13.4. The third-order valence-electron chi connectivity index (χ3n) is 3.23. The Kier molecular flexibility index (Phi) is 4.39. The molecule has 0 aliphatic rings. The fourth-order valence-electron chi connectivity index (χ4n) is 2.29. The molecule has 0 unspecified atom stereocenters. The second-order valence-corrected chi connectivity index (χ2v) is 4.67. The second-order valence-electron chi connectivity index (χ2n) is 4.67. The lowest BCUT2D eigenvalue weighted by Crippen LogP contribution is -1.95. The van der Waals surface area contributed by atoms with E-state index in [1.54, 1.807) is 6.08 Å². The molecule has 3 heteroatoms. The highest BCUT2D eigenvalue weighted by Crippen LogP contribution is 2.23. The topological polar surface area (TPSA) is 42.2 Å². The van der Waals surface area contributed by atoms with Gasteiger partial charge in [-0.15, -0.1) is 0 Å². The highest BCUT2D eigenvalue weighted by atomic mass is 16.4. The number of nitrogens with zero attached hydrogens (tertiary/aromatic N) is 1. The third kappa shape index (κ3) is 3.25. The molecule has 0 bridgehead atoms. The molecule has 0 amide bonds. The van der Waals surface area contributed by atoms with Gasteiger partial charge in [0.25, 0.3) is 0 Å². The summed E-state index contributed by atoms with van der Waals surface area (Å²) in [4.78, 5) is 10.6. The van der Waals surface area contributed by atoms with Crippen molar-refractivity contribution in [3.05, 3.63) is 42.1 Å². The predicted octanol–water partition coefficient (Wildman–Crippen LogP) is 3.93. The summed E-state index contributed by atoms with van der Waals surface area (Å²) in [6.45, 7) is 3.17. The first-order valence-corrected chi connectivity index (χ1v) is 6.71. The van der Waals surface area contributed by atoms with Gasteiger partial charge in [-0.05, 0) is 18.6 Å². The SMILES string of the molecule is CCCCCn1cc(/C=C\C(=O)O)c2ccccc21. The van der Waals surface area contributed by atoms with E-state index in [9.17, 15) is 4.79 Å². The summed E-state index contributed by atoms with van der Waals surface area (Å²) in [6.07, 6.45) is 8.47. The van der Waals surface area contributed by atoms with E-state index in [2.05, 4.69) is 17.6 Å². The van der Waals surface area contributed by atoms with E-state index in [0.717, 1.165) is 23.9 Å². The molecule has 0 saturated heterocycles. The highest BCUT2D eigenvalue weighted by Gasteiger charge is 2.05. The molecule has 1 N–H and O–H groups in total. The summed E-state index contributed by atoms with van der Waals surface area (Å²) < 4.78 is 2.21. The molecule has 0 spiro atoms. The molecule has 0 atom stereocenters. The minimum Gasteiger partial charge on any atom is -0.478 e. The number of unbranched alkanes of at least 4 members (excludes halogenated alkanes) is 2. The zero-order valence-electron chi connectivity index (χ0n) is 11.2. The van der Waals surface area contributed by atoms with Gasteiger partial charge in [0, 0.05) is 35.3 Å². The van der Waals surface area contributed by atoms with E-state index in [-0.39, 0.29) is 0 Å². The van der Waals surface area contributed by atoms with Crippen molar-refractivity contribution in [3.63, 3.8) is 0 Å². The fourth-order valence-corrected chi connectivity index (χ4v) is 2.29. The molecule has 0 aliphatic heterocycles. The molecule has 1 aromatic carbocycles. The molecule has 0 saturated carbocycles. The summed E-state index contributed by atoms with van der Waals surface area (Å²) in [5, 5.41) is 9.84. The molecule has 19 heavy (non-hydrogen) atoms. The van der Waals surface area contributed by atoms with Crippen molar-refractivity contribution < 1.29 is 9.90 Å². The van der Waals surface area contributed by atoms with Gasteiger partial charge >= 0.3 is 5.97 Å². The predicted molar refractivity (Wildman–Crippen MR) is 78.1 cm³/mol. The molecular formula is C16H19NO2. The zero-order chi connectivity index (χ0) is 13.7. The second kappa shape index (κ2) is 6.23. The van der Waals surface area contributed by atoms with Crippen LogP contribution in [0.4, 0.5) is 0 Å². The lowest BCUT2D eigenvalue weighted by Gasteiger charge is -2.03. The number of carbonyl (C=O) groups is 1. The van der Waals surface area contributed by atoms with Gasteiger partial charge in [-0.1, -0.05) is 38.0 Å². The number of hydrogen-bond donors (Lipinski definition) is 1. The smallest absolute Gasteiger partial charge is 0.328 e. The maximum Gasteiger partial charge on any atom is 0.328 e. The monoisotopic (exact) mass is 257 g/mol. The van der Waals surface area contributed by atoms with Crippen LogP contribution in [-0.2, 0) is 11.3 Å². The lowest BCUT2D eigenvalue weighted by molar-refractivity contribution is -0.131. The number of fused-ring (bicyclic) bond motifs is 1. The van der Waals surface area contributed by atoms with Crippen LogP contribution in [0.2, 0.25) is 0 Å². The normalized spacial score (nSPS) is 11.4. The Balaban J connectivity index is 2.34. The van der Waals surface area contributed by atoms with Crippen LogP contribution in [0.1, 0.15) is 31.7 Å². The van der Waals surface area contributed by atoms with Gasteiger partial charge in [0.05, 0.1) is 0 Å². The van der Waals surface area contributed by atoms with Gasteiger partial charge in [-0.3, -0.25) is 0 Å². The number of aromatic nitrogens is 1. The van der Waals surface area contributed by atoms with Gasteiger partial charge in [-0.25, -0.2) is 4.79 Å². The molecule has 2 aromatic rings. The van der Waals surface area contributed by atoms with E-state index in [1.165, 1.54) is 24.4 Å². The lowest BCUT2D eigenvalue weighted by atomic mass is 10.1. The van der Waals surface area contributed by atoms with E-state index < -0.39 is 5.97 Å². The highest BCUT2D eigenvalue weighted by molar-refractivity contribution is 5.93. The largest absolute Gasteiger partial charge is 0.478 e. The van der Waals surface area contributed by atoms with Gasteiger partial charge in [0.1, 0.15) is 0 Å². The fraction of sp³-hybridized carbons (Fsp3) is 0.312. The summed E-state index contributed by atoms with van der Waals surface area (Å²) in [5.74, 6) is -0.914. The van der Waals surface area contributed by atoms with Crippen molar-refractivity contribution in [2.45, 2.75) is 32.7 Å².